The largest absolute Gasteiger partial charge is 0.0610 e. The summed E-state index contributed by atoms with van der Waals surface area (Å²) < 4.78 is 0. The van der Waals surface area contributed by atoms with E-state index in [2.05, 4.69) is 97.1 Å². The summed E-state index contributed by atoms with van der Waals surface area (Å²) >= 11 is 0. The molecule has 0 spiro atoms. The van der Waals surface area contributed by atoms with Gasteiger partial charge in [0, 0.05) is 0 Å². The van der Waals surface area contributed by atoms with Crippen LogP contribution in [-0.2, 0) is 0 Å². The van der Waals surface area contributed by atoms with Crippen molar-refractivity contribution in [1.82, 2.24) is 0 Å². The second kappa shape index (κ2) is 5.21. The van der Waals surface area contributed by atoms with Crippen LogP contribution in [0.5, 0.6) is 0 Å². The van der Waals surface area contributed by atoms with Gasteiger partial charge in [0.2, 0.25) is 0 Å². The summed E-state index contributed by atoms with van der Waals surface area (Å²) in [6.07, 6.45) is 4.42. The molecule has 0 saturated carbocycles. The Labute approximate surface area is 142 Å². The van der Waals surface area contributed by atoms with Crippen LogP contribution < -0.4 is 0 Å². The predicted octanol–water partition coefficient (Wildman–Crippen LogP) is 6.38. The van der Waals surface area contributed by atoms with Crippen LogP contribution in [0.3, 0.4) is 0 Å². The van der Waals surface area contributed by atoms with E-state index in [4.69, 9.17) is 0 Å². The first-order chi connectivity index (χ1) is 11.9. The molecule has 5 aliphatic carbocycles. The van der Waals surface area contributed by atoms with E-state index in [1.165, 1.54) is 44.5 Å². The van der Waals surface area contributed by atoms with Crippen molar-refractivity contribution in [3.8, 4) is 22.3 Å². The predicted molar refractivity (Wildman–Crippen MR) is 102 cm³/mol. The highest BCUT2D eigenvalue weighted by atomic mass is 14.2. The van der Waals surface area contributed by atoms with Crippen molar-refractivity contribution < 1.29 is 0 Å². The highest BCUT2D eigenvalue weighted by Gasteiger charge is 2.14. The summed E-state index contributed by atoms with van der Waals surface area (Å²) in [4.78, 5) is 0. The molecular weight excluding hydrogens is 288 g/mol. The molecule has 24 heavy (non-hydrogen) atoms. The normalized spacial score (nSPS) is 13.5. The summed E-state index contributed by atoms with van der Waals surface area (Å²) in [7, 11) is 0. The molecule has 0 saturated heterocycles. The molecule has 0 atom stereocenters. The molecule has 0 aromatic heterocycles. The zero-order valence-corrected chi connectivity index (χ0v) is 13.2. The molecule has 0 N–H and O–H groups in total. The van der Waals surface area contributed by atoms with Crippen molar-refractivity contribution in [3.05, 3.63) is 108 Å². The molecule has 5 rings (SSSR count). The highest BCUT2D eigenvalue weighted by Crippen LogP contribution is 2.37. The quantitative estimate of drug-likeness (QED) is 0.403. The van der Waals surface area contributed by atoms with Gasteiger partial charge >= 0.3 is 0 Å². The fourth-order valence-corrected chi connectivity index (χ4v) is 3.44. The monoisotopic (exact) mass is 304 g/mol. The van der Waals surface area contributed by atoms with E-state index >= 15 is 0 Å². The van der Waals surface area contributed by atoms with Crippen molar-refractivity contribution in [1.29, 1.82) is 0 Å². The molecular formula is C24H16. The molecule has 0 aromatic rings. The maximum absolute atomic E-state index is 2.22. The Kier molecular flexibility index (Phi) is 2.89. The number of allylic oxidation sites excluding steroid dienone is 4. The summed E-state index contributed by atoms with van der Waals surface area (Å²) in [6, 6.07) is 30.6. The van der Waals surface area contributed by atoms with Crippen LogP contribution in [0.25, 0.3) is 33.4 Å². The Hall–Kier alpha value is -3.12. The summed E-state index contributed by atoms with van der Waals surface area (Å²) in [5.41, 5.74) is 10.3. The molecule has 0 heterocycles. The smallest absolute Gasteiger partial charge is 0.0105 e. The van der Waals surface area contributed by atoms with Crippen molar-refractivity contribution >= 4 is 11.1 Å². The number of hydrogen-bond acceptors (Lipinski definition) is 0. The lowest BCUT2D eigenvalue weighted by Gasteiger charge is -2.16. The van der Waals surface area contributed by atoms with Crippen molar-refractivity contribution in [3.63, 3.8) is 0 Å². The first-order valence-electron chi connectivity index (χ1n) is 8.29. The van der Waals surface area contributed by atoms with Crippen LogP contribution in [0.4, 0.5) is 0 Å². The fourth-order valence-electron chi connectivity index (χ4n) is 3.44. The summed E-state index contributed by atoms with van der Waals surface area (Å²) in [5, 5.41) is 0. The zero-order chi connectivity index (χ0) is 15.9. The van der Waals surface area contributed by atoms with Crippen molar-refractivity contribution in [2.24, 2.45) is 0 Å². The van der Waals surface area contributed by atoms with Gasteiger partial charge in [-0.1, -0.05) is 97.1 Å². The Bertz CT molecular complexity index is 903. The minimum Gasteiger partial charge on any atom is -0.0610 e. The van der Waals surface area contributed by atoms with Crippen LogP contribution in [0, 0.1) is 0 Å². The maximum atomic E-state index is 2.22. The molecule has 0 fully saturated rings. The third-order valence-corrected chi connectivity index (χ3v) is 4.87. The van der Waals surface area contributed by atoms with Gasteiger partial charge < -0.3 is 0 Å². The second-order valence-electron chi connectivity index (χ2n) is 6.28. The van der Waals surface area contributed by atoms with Crippen molar-refractivity contribution in [2.45, 2.75) is 0 Å². The topological polar surface area (TPSA) is 0 Å². The third-order valence-electron chi connectivity index (χ3n) is 4.87. The van der Waals surface area contributed by atoms with Crippen LogP contribution in [0.2, 0.25) is 0 Å². The van der Waals surface area contributed by atoms with Gasteiger partial charge in [0.1, 0.15) is 0 Å². The Morgan fingerprint density at radius 1 is 0.292 bits per heavy atom. The van der Waals surface area contributed by atoms with E-state index in [0.717, 1.165) is 0 Å². The molecule has 0 radical (unpaired) electrons. The number of fused-ring (bicyclic) bond motifs is 2. The lowest BCUT2D eigenvalue weighted by molar-refractivity contribution is 1.61. The fraction of sp³-hybridized carbons (Fsp3) is 0. The highest BCUT2D eigenvalue weighted by molar-refractivity contribution is 6.07. The molecule has 0 unspecified atom stereocenters. The molecule has 0 amide bonds. The first-order valence-corrected chi connectivity index (χ1v) is 8.29. The minimum absolute atomic E-state index is 1.27. The SMILES string of the molecule is C1=CC(c2ccc3cccc-3cc2)=C1c1ccc2cccc-2cc1. The van der Waals surface area contributed by atoms with E-state index in [1.807, 2.05) is 0 Å². The number of hydrogen-bond donors (Lipinski definition) is 0. The second-order valence-corrected chi connectivity index (χ2v) is 6.28. The molecule has 112 valence electrons. The number of rotatable bonds is 2. The Balaban J connectivity index is 1.62. The molecule has 0 heteroatoms. The van der Waals surface area contributed by atoms with Crippen molar-refractivity contribution in [2.75, 3.05) is 0 Å². The van der Waals surface area contributed by atoms with Gasteiger partial charge in [0.15, 0.2) is 0 Å². The van der Waals surface area contributed by atoms with Gasteiger partial charge in [0.05, 0.1) is 0 Å². The first kappa shape index (κ1) is 13.3. The van der Waals surface area contributed by atoms with E-state index in [9.17, 15) is 0 Å². The zero-order valence-electron chi connectivity index (χ0n) is 13.2. The molecule has 0 aliphatic heterocycles. The average Bonchev–Trinajstić information content (AvgIpc) is 3.11. The van der Waals surface area contributed by atoms with Gasteiger partial charge in [-0.2, -0.15) is 0 Å². The molecule has 0 nitrogen and oxygen atoms in total. The van der Waals surface area contributed by atoms with Gasteiger partial charge in [-0.3, -0.25) is 0 Å². The van der Waals surface area contributed by atoms with E-state index in [-0.39, 0.29) is 0 Å². The van der Waals surface area contributed by atoms with Crippen LogP contribution in [0.1, 0.15) is 11.1 Å². The Morgan fingerprint density at radius 2 is 0.583 bits per heavy atom. The van der Waals surface area contributed by atoms with E-state index < -0.39 is 0 Å². The lowest BCUT2D eigenvalue weighted by atomic mass is 9.88. The van der Waals surface area contributed by atoms with Gasteiger partial charge in [-0.25, -0.2) is 0 Å². The summed E-state index contributed by atoms with van der Waals surface area (Å²) in [5.74, 6) is 0. The lowest BCUT2D eigenvalue weighted by Crippen LogP contribution is -1.93. The molecule has 5 aliphatic rings. The van der Waals surface area contributed by atoms with Gasteiger partial charge in [-0.05, 0) is 44.5 Å². The Morgan fingerprint density at radius 3 is 0.875 bits per heavy atom. The molecule has 0 aromatic carbocycles. The van der Waals surface area contributed by atoms with Crippen LogP contribution in [-0.4, -0.2) is 0 Å². The van der Waals surface area contributed by atoms with Gasteiger partial charge in [0.25, 0.3) is 0 Å². The molecule has 0 bridgehead atoms. The average molecular weight is 304 g/mol. The maximum Gasteiger partial charge on any atom is -0.0105 e. The van der Waals surface area contributed by atoms with Gasteiger partial charge in [-0.15, -0.1) is 0 Å². The van der Waals surface area contributed by atoms with E-state index in [0.29, 0.717) is 0 Å². The van der Waals surface area contributed by atoms with Crippen LogP contribution >= 0.6 is 0 Å². The standard InChI is InChI=1S/C24H16/c1-3-17-7-11-21(12-8-18(17)4-1)23-15-16-24(23)22-13-9-19-5-2-6-20(19)10-14-22/h1-16H. The minimum atomic E-state index is 1.27. The van der Waals surface area contributed by atoms with E-state index in [1.54, 1.807) is 0 Å². The summed E-state index contributed by atoms with van der Waals surface area (Å²) in [6.45, 7) is 0. The third kappa shape index (κ3) is 2.08. The van der Waals surface area contributed by atoms with Crippen LogP contribution in [0.15, 0.2) is 97.1 Å².